The Hall–Kier alpha value is -2.20. The number of hydrogen-bond acceptors (Lipinski definition) is 9. The van der Waals surface area contributed by atoms with E-state index in [2.05, 4.69) is 21.8 Å². The standard InChI is InChI=1S/C16H27N7O3/c1-4-20-5-7-21(8-6-20)16-18-14(17)13(23(24)25)15(19-16)22-9-11(2)26-12(3)10-22/h11-12H,4-10H2,1-3H3,(H2,17,18,19)/t11-,12+. The number of nitrogens with zero attached hydrogens (tertiary/aromatic N) is 6. The summed E-state index contributed by atoms with van der Waals surface area (Å²) in [4.78, 5) is 26.2. The van der Waals surface area contributed by atoms with Gasteiger partial charge in [-0.05, 0) is 20.4 Å². The summed E-state index contributed by atoms with van der Waals surface area (Å²) in [7, 11) is 0. The summed E-state index contributed by atoms with van der Waals surface area (Å²) in [6.45, 7) is 11.5. The Labute approximate surface area is 153 Å². The van der Waals surface area contributed by atoms with Crippen LogP contribution in [0.25, 0.3) is 0 Å². The maximum Gasteiger partial charge on any atom is 0.353 e. The quantitative estimate of drug-likeness (QED) is 0.609. The second kappa shape index (κ2) is 7.58. The van der Waals surface area contributed by atoms with Gasteiger partial charge in [0.25, 0.3) is 0 Å². The molecule has 0 saturated carbocycles. The van der Waals surface area contributed by atoms with Crippen LogP contribution in [0.3, 0.4) is 0 Å². The molecule has 10 heteroatoms. The van der Waals surface area contributed by atoms with Crippen molar-refractivity contribution in [2.24, 2.45) is 0 Å². The first-order valence-corrected chi connectivity index (χ1v) is 9.08. The van der Waals surface area contributed by atoms with E-state index in [1.165, 1.54) is 0 Å². The molecule has 10 nitrogen and oxygen atoms in total. The number of hydrogen-bond donors (Lipinski definition) is 1. The molecule has 2 aliphatic heterocycles. The Bertz CT molecular complexity index is 653. The van der Waals surface area contributed by atoms with Gasteiger partial charge in [0.15, 0.2) is 0 Å². The Kier molecular flexibility index (Phi) is 5.42. The molecular weight excluding hydrogens is 338 g/mol. The largest absolute Gasteiger partial charge is 0.378 e. The molecule has 2 atom stereocenters. The lowest BCUT2D eigenvalue weighted by atomic mass is 10.2. The summed E-state index contributed by atoms with van der Waals surface area (Å²) < 4.78 is 5.74. The van der Waals surface area contributed by atoms with Crippen molar-refractivity contribution in [1.82, 2.24) is 14.9 Å². The molecule has 1 aromatic rings. The summed E-state index contributed by atoms with van der Waals surface area (Å²) in [5, 5.41) is 11.6. The number of likely N-dealkylation sites (N-methyl/N-ethyl adjacent to an activating group) is 1. The fourth-order valence-electron chi connectivity index (χ4n) is 3.60. The van der Waals surface area contributed by atoms with Crippen LogP contribution in [0.15, 0.2) is 0 Å². The summed E-state index contributed by atoms with van der Waals surface area (Å²) in [6.07, 6.45) is -0.0721. The fraction of sp³-hybridized carbons (Fsp3) is 0.750. The first kappa shape index (κ1) is 18.6. The predicted octanol–water partition coefficient (Wildman–Crippen LogP) is 0.723. The average molecular weight is 365 g/mol. The molecule has 3 rings (SSSR count). The maximum atomic E-state index is 11.6. The molecule has 0 bridgehead atoms. The molecule has 3 heterocycles. The van der Waals surface area contributed by atoms with Crippen LogP contribution >= 0.6 is 0 Å². The van der Waals surface area contributed by atoms with Crippen LogP contribution in [-0.2, 0) is 4.74 Å². The molecule has 0 spiro atoms. The Morgan fingerprint density at radius 3 is 2.31 bits per heavy atom. The zero-order valence-corrected chi connectivity index (χ0v) is 15.6. The molecule has 2 saturated heterocycles. The summed E-state index contributed by atoms with van der Waals surface area (Å²) >= 11 is 0. The minimum Gasteiger partial charge on any atom is -0.378 e. The number of piperazine rings is 1. The smallest absolute Gasteiger partial charge is 0.353 e. The molecule has 0 radical (unpaired) electrons. The Balaban J connectivity index is 1.93. The lowest BCUT2D eigenvalue weighted by Crippen LogP contribution is -2.48. The molecule has 26 heavy (non-hydrogen) atoms. The molecule has 0 aromatic carbocycles. The van der Waals surface area contributed by atoms with Gasteiger partial charge in [0.05, 0.1) is 17.1 Å². The number of nitrogen functional groups attached to an aromatic ring is 1. The van der Waals surface area contributed by atoms with E-state index < -0.39 is 4.92 Å². The SMILES string of the molecule is CCN1CCN(c2nc(N)c([N+](=O)[O-])c(N3C[C@@H](C)O[C@@H](C)C3)n2)CC1. The van der Waals surface area contributed by atoms with Crippen molar-refractivity contribution in [2.45, 2.75) is 33.0 Å². The molecule has 2 aliphatic rings. The minimum atomic E-state index is -0.492. The lowest BCUT2D eigenvalue weighted by Gasteiger charge is -2.37. The van der Waals surface area contributed by atoms with E-state index in [4.69, 9.17) is 10.5 Å². The van der Waals surface area contributed by atoms with E-state index in [-0.39, 0.29) is 29.5 Å². The van der Waals surface area contributed by atoms with E-state index in [1.807, 2.05) is 23.6 Å². The Morgan fingerprint density at radius 2 is 1.77 bits per heavy atom. The monoisotopic (exact) mass is 365 g/mol. The number of nitrogens with two attached hydrogens (primary N) is 1. The summed E-state index contributed by atoms with van der Waals surface area (Å²) in [5.41, 5.74) is 5.75. The first-order chi connectivity index (χ1) is 12.4. The fourth-order valence-corrected chi connectivity index (χ4v) is 3.60. The van der Waals surface area contributed by atoms with Gasteiger partial charge in [-0.1, -0.05) is 6.92 Å². The zero-order valence-electron chi connectivity index (χ0n) is 15.6. The molecule has 0 aliphatic carbocycles. The van der Waals surface area contributed by atoms with Crippen molar-refractivity contribution >= 4 is 23.3 Å². The van der Waals surface area contributed by atoms with Crippen molar-refractivity contribution in [2.75, 3.05) is 61.3 Å². The Morgan fingerprint density at radius 1 is 1.15 bits per heavy atom. The van der Waals surface area contributed by atoms with E-state index in [0.717, 1.165) is 32.7 Å². The third-order valence-corrected chi connectivity index (χ3v) is 4.88. The number of rotatable bonds is 4. The van der Waals surface area contributed by atoms with Crippen LogP contribution in [0.5, 0.6) is 0 Å². The van der Waals surface area contributed by atoms with Gasteiger partial charge in [-0.15, -0.1) is 0 Å². The van der Waals surface area contributed by atoms with Crippen LogP contribution in [0.1, 0.15) is 20.8 Å². The highest BCUT2D eigenvalue weighted by atomic mass is 16.6. The summed E-state index contributed by atoms with van der Waals surface area (Å²) in [6, 6.07) is 0. The van der Waals surface area contributed by atoms with Gasteiger partial charge in [0, 0.05) is 39.3 Å². The molecule has 0 amide bonds. The topological polar surface area (TPSA) is 114 Å². The van der Waals surface area contributed by atoms with E-state index >= 15 is 0 Å². The van der Waals surface area contributed by atoms with Crippen LogP contribution in [0.4, 0.5) is 23.3 Å². The second-order valence-corrected chi connectivity index (χ2v) is 6.92. The molecule has 1 aromatic heterocycles. The number of morpholine rings is 1. The molecular formula is C16H27N7O3. The average Bonchev–Trinajstić information content (AvgIpc) is 2.60. The lowest BCUT2D eigenvalue weighted by molar-refractivity contribution is -0.383. The highest BCUT2D eigenvalue weighted by Gasteiger charge is 2.33. The first-order valence-electron chi connectivity index (χ1n) is 9.08. The maximum absolute atomic E-state index is 11.6. The van der Waals surface area contributed by atoms with Gasteiger partial charge in [0.1, 0.15) is 0 Å². The van der Waals surface area contributed by atoms with Gasteiger partial charge in [-0.25, -0.2) is 0 Å². The third kappa shape index (κ3) is 3.80. The van der Waals surface area contributed by atoms with Crippen molar-refractivity contribution in [1.29, 1.82) is 0 Å². The molecule has 2 fully saturated rings. The van der Waals surface area contributed by atoms with E-state index in [9.17, 15) is 10.1 Å². The van der Waals surface area contributed by atoms with Crippen LogP contribution in [0, 0.1) is 10.1 Å². The third-order valence-electron chi connectivity index (χ3n) is 4.88. The predicted molar refractivity (Wildman–Crippen MR) is 99.6 cm³/mol. The van der Waals surface area contributed by atoms with Gasteiger partial charge >= 0.3 is 5.69 Å². The molecule has 144 valence electrons. The minimum absolute atomic E-state index is 0.0360. The second-order valence-electron chi connectivity index (χ2n) is 6.92. The van der Waals surface area contributed by atoms with Crippen LogP contribution < -0.4 is 15.5 Å². The van der Waals surface area contributed by atoms with Crippen molar-refractivity contribution in [3.8, 4) is 0 Å². The van der Waals surface area contributed by atoms with Crippen molar-refractivity contribution in [3.05, 3.63) is 10.1 Å². The highest BCUT2D eigenvalue weighted by molar-refractivity contribution is 5.71. The van der Waals surface area contributed by atoms with Gasteiger partial charge in [0.2, 0.25) is 17.6 Å². The summed E-state index contributed by atoms with van der Waals surface area (Å²) in [5.74, 6) is 0.669. The van der Waals surface area contributed by atoms with Crippen LogP contribution in [-0.4, -0.2) is 77.8 Å². The number of anilines is 3. The normalized spacial score (nSPS) is 24.7. The van der Waals surface area contributed by atoms with Gasteiger partial charge < -0.3 is 25.2 Å². The molecule has 2 N–H and O–H groups in total. The molecule has 0 unspecified atom stereocenters. The van der Waals surface area contributed by atoms with Gasteiger partial charge in [-0.2, -0.15) is 9.97 Å². The van der Waals surface area contributed by atoms with Crippen molar-refractivity contribution in [3.63, 3.8) is 0 Å². The van der Waals surface area contributed by atoms with Crippen LogP contribution in [0.2, 0.25) is 0 Å². The zero-order chi connectivity index (χ0) is 18.8. The van der Waals surface area contributed by atoms with E-state index in [1.54, 1.807) is 0 Å². The number of aromatic nitrogens is 2. The highest BCUT2D eigenvalue weighted by Crippen LogP contribution is 2.34. The van der Waals surface area contributed by atoms with Crippen molar-refractivity contribution < 1.29 is 9.66 Å². The van der Waals surface area contributed by atoms with Gasteiger partial charge in [-0.3, -0.25) is 10.1 Å². The number of ether oxygens (including phenoxy) is 1. The van der Waals surface area contributed by atoms with E-state index in [0.29, 0.717) is 19.0 Å². The number of nitro groups is 1.